The Balaban J connectivity index is 1.41. The van der Waals surface area contributed by atoms with Crippen molar-refractivity contribution >= 4 is 0 Å². The molecule has 0 bridgehead atoms. The molecule has 0 radical (unpaired) electrons. The Morgan fingerprint density at radius 3 is 2.19 bits per heavy atom. The van der Waals surface area contributed by atoms with Gasteiger partial charge in [-0.15, -0.1) is 0 Å². The van der Waals surface area contributed by atoms with E-state index in [-0.39, 0.29) is 0 Å². The molecule has 0 aliphatic heterocycles. The Morgan fingerprint density at radius 1 is 0.781 bits per heavy atom. The maximum absolute atomic E-state index is 2.80. The van der Waals surface area contributed by atoms with E-state index in [2.05, 4.69) is 62.3 Å². The van der Waals surface area contributed by atoms with E-state index < -0.39 is 0 Å². The second-order valence-corrected chi connectivity index (χ2v) is 16.0. The molecule has 0 spiro atoms. The highest BCUT2D eigenvalue weighted by atomic mass is 14.7. The molecule has 0 saturated heterocycles. The predicted octanol–water partition coefficient (Wildman–Crippen LogP) is 9.63. The summed E-state index contributed by atoms with van der Waals surface area (Å²) >= 11 is 0. The van der Waals surface area contributed by atoms with Gasteiger partial charge in [0.2, 0.25) is 0 Å². The van der Waals surface area contributed by atoms with Crippen LogP contribution in [0.2, 0.25) is 0 Å². The molecule has 11 unspecified atom stereocenters. The lowest BCUT2D eigenvalue weighted by atomic mass is 9.42. The van der Waals surface area contributed by atoms with Crippen LogP contribution in [0, 0.1) is 74.9 Å². The summed E-state index contributed by atoms with van der Waals surface area (Å²) < 4.78 is 0. The van der Waals surface area contributed by atoms with Crippen LogP contribution in [0.3, 0.4) is 0 Å². The van der Waals surface area contributed by atoms with E-state index in [9.17, 15) is 0 Å². The molecular weight excluding hydrogens is 384 g/mol. The van der Waals surface area contributed by atoms with Gasteiger partial charge in [0.15, 0.2) is 0 Å². The van der Waals surface area contributed by atoms with Crippen molar-refractivity contribution in [2.75, 3.05) is 0 Å². The van der Waals surface area contributed by atoms with Gasteiger partial charge in [-0.05, 0) is 133 Å². The number of hydrogen-bond donors (Lipinski definition) is 0. The van der Waals surface area contributed by atoms with E-state index in [1.165, 1.54) is 38.5 Å². The lowest BCUT2D eigenvalue weighted by Crippen LogP contribution is -2.55. The van der Waals surface area contributed by atoms with Gasteiger partial charge in [0.1, 0.15) is 0 Å². The van der Waals surface area contributed by atoms with Crippen LogP contribution in [0.25, 0.3) is 0 Å². The summed E-state index contributed by atoms with van der Waals surface area (Å²) in [5.74, 6) is 8.83. The van der Waals surface area contributed by atoms with Crippen LogP contribution in [0.1, 0.15) is 127 Å². The highest BCUT2D eigenvalue weighted by Gasteiger charge is 2.69. The van der Waals surface area contributed by atoms with Gasteiger partial charge in [-0.25, -0.2) is 0 Å². The second kappa shape index (κ2) is 7.50. The molecule has 5 aliphatic carbocycles. The van der Waals surface area contributed by atoms with Gasteiger partial charge in [-0.2, -0.15) is 0 Å². The van der Waals surface area contributed by atoms with E-state index in [0.29, 0.717) is 21.7 Å². The zero-order chi connectivity index (χ0) is 23.3. The number of rotatable bonds is 3. The molecule has 0 heteroatoms. The fourth-order valence-electron chi connectivity index (χ4n) is 11.9. The second-order valence-electron chi connectivity index (χ2n) is 16.0. The van der Waals surface area contributed by atoms with Gasteiger partial charge in [-0.3, -0.25) is 0 Å². The van der Waals surface area contributed by atoms with E-state index >= 15 is 0 Å². The summed E-state index contributed by atoms with van der Waals surface area (Å²) in [6.07, 6.45) is 15.2. The Hall–Kier alpha value is 0. The molecule has 0 heterocycles. The first-order chi connectivity index (χ1) is 14.8. The Morgan fingerprint density at radius 2 is 1.50 bits per heavy atom. The minimum Gasteiger partial charge on any atom is -0.0628 e. The maximum Gasteiger partial charge on any atom is -0.0258 e. The lowest BCUT2D eigenvalue weighted by Gasteiger charge is -2.63. The summed E-state index contributed by atoms with van der Waals surface area (Å²) in [6.45, 7) is 23.6. The molecule has 5 rings (SSSR count). The molecule has 0 aromatic rings. The maximum atomic E-state index is 2.80. The Kier molecular flexibility index (Phi) is 5.56. The van der Waals surface area contributed by atoms with Gasteiger partial charge in [0.05, 0.1) is 0 Å². The average Bonchev–Trinajstić information content (AvgIpc) is 3.10. The molecule has 5 saturated carbocycles. The van der Waals surface area contributed by atoms with Gasteiger partial charge < -0.3 is 0 Å². The van der Waals surface area contributed by atoms with E-state index in [1.54, 1.807) is 25.7 Å². The van der Waals surface area contributed by atoms with Gasteiger partial charge in [0, 0.05) is 0 Å². The van der Waals surface area contributed by atoms with E-state index in [0.717, 1.165) is 53.3 Å². The Labute approximate surface area is 201 Å². The first-order valence-electron chi connectivity index (χ1n) is 14.8. The van der Waals surface area contributed by atoms with Crippen molar-refractivity contribution in [1.29, 1.82) is 0 Å². The van der Waals surface area contributed by atoms with Crippen molar-refractivity contribution in [3.8, 4) is 0 Å². The zero-order valence-corrected chi connectivity index (χ0v) is 23.3. The molecular formula is C32H56. The minimum atomic E-state index is 0.499. The fraction of sp³-hybridized carbons (Fsp3) is 1.00. The van der Waals surface area contributed by atoms with Crippen LogP contribution in [0.5, 0.6) is 0 Å². The first kappa shape index (κ1) is 23.7. The summed E-state index contributed by atoms with van der Waals surface area (Å²) in [7, 11) is 0. The smallest absolute Gasteiger partial charge is 0.0258 e. The third kappa shape index (κ3) is 3.11. The molecule has 32 heavy (non-hydrogen) atoms. The highest BCUT2D eigenvalue weighted by Crippen LogP contribution is 2.77. The summed E-state index contributed by atoms with van der Waals surface area (Å²) in [4.78, 5) is 0. The fourth-order valence-corrected chi connectivity index (χ4v) is 11.9. The largest absolute Gasteiger partial charge is 0.0628 e. The molecule has 0 aromatic carbocycles. The summed E-state index contributed by atoms with van der Waals surface area (Å²) in [5.41, 5.74) is 2.31. The molecule has 0 aromatic heterocycles. The SMILES string of the molecule is CC(C)CCC1(C)CC2CC3C4CCC5CC(C)C(C)CC5(C)C4CCC3(C)C2C1(C)C. The standard InChI is InChI=1S/C32H56/c1-20(2)12-14-30(7)19-23-17-27-25-11-10-24-16-21(3)22(4)18-32(24,9)26(25)13-15-31(27,8)28(23)29(30,5)6/h20-28H,10-19H2,1-9H3. The Bertz CT molecular complexity index is 718. The number of hydrogen-bond acceptors (Lipinski definition) is 0. The van der Waals surface area contributed by atoms with Crippen LogP contribution in [-0.2, 0) is 0 Å². The van der Waals surface area contributed by atoms with Crippen LogP contribution in [0.15, 0.2) is 0 Å². The summed E-state index contributed by atoms with van der Waals surface area (Å²) in [6, 6.07) is 0. The van der Waals surface area contributed by atoms with Crippen molar-refractivity contribution < 1.29 is 0 Å². The average molecular weight is 441 g/mol. The lowest BCUT2D eigenvalue weighted by molar-refractivity contribution is -0.138. The molecule has 11 atom stereocenters. The third-order valence-electron chi connectivity index (χ3n) is 14.0. The van der Waals surface area contributed by atoms with Gasteiger partial charge in [-0.1, -0.05) is 68.7 Å². The third-order valence-corrected chi connectivity index (χ3v) is 14.0. The van der Waals surface area contributed by atoms with Crippen LogP contribution in [0.4, 0.5) is 0 Å². The van der Waals surface area contributed by atoms with Crippen molar-refractivity contribution in [3.63, 3.8) is 0 Å². The highest BCUT2D eigenvalue weighted by molar-refractivity contribution is 5.18. The van der Waals surface area contributed by atoms with Gasteiger partial charge >= 0.3 is 0 Å². The number of fused-ring (bicyclic) bond motifs is 7. The van der Waals surface area contributed by atoms with Crippen molar-refractivity contribution in [3.05, 3.63) is 0 Å². The van der Waals surface area contributed by atoms with Crippen molar-refractivity contribution in [2.24, 2.45) is 74.9 Å². The van der Waals surface area contributed by atoms with Crippen LogP contribution < -0.4 is 0 Å². The monoisotopic (exact) mass is 440 g/mol. The van der Waals surface area contributed by atoms with Crippen molar-refractivity contribution in [2.45, 2.75) is 127 Å². The molecule has 0 nitrogen and oxygen atoms in total. The minimum absolute atomic E-state index is 0.499. The first-order valence-corrected chi connectivity index (χ1v) is 14.8. The predicted molar refractivity (Wildman–Crippen MR) is 138 cm³/mol. The topological polar surface area (TPSA) is 0 Å². The van der Waals surface area contributed by atoms with Crippen LogP contribution in [-0.4, -0.2) is 0 Å². The summed E-state index contributed by atoms with van der Waals surface area (Å²) in [5, 5.41) is 0. The molecule has 0 amide bonds. The van der Waals surface area contributed by atoms with Gasteiger partial charge in [0.25, 0.3) is 0 Å². The molecule has 0 N–H and O–H groups in total. The van der Waals surface area contributed by atoms with Crippen molar-refractivity contribution in [1.82, 2.24) is 0 Å². The normalized spacial score (nSPS) is 56.4. The molecule has 5 aliphatic rings. The molecule has 5 fully saturated rings. The van der Waals surface area contributed by atoms with E-state index in [1.807, 2.05) is 0 Å². The van der Waals surface area contributed by atoms with E-state index in [4.69, 9.17) is 0 Å². The molecule has 184 valence electrons. The zero-order valence-electron chi connectivity index (χ0n) is 23.3. The van der Waals surface area contributed by atoms with Crippen LogP contribution >= 0.6 is 0 Å². The quantitative estimate of drug-likeness (QED) is 0.409.